The van der Waals surface area contributed by atoms with Gasteiger partial charge in [0.15, 0.2) is 0 Å². The molecule has 1 atom stereocenters. The van der Waals surface area contributed by atoms with E-state index >= 15 is 0 Å². The molecule has 0 amide bonds. The summed E-state index contributed by atoms with van der Waals surface area (Å²) in [7, 11) is 0. The molecule has 0 aromatic heterocycles. The largest absolute Gasteiger partial charge is 0.377 e. The summed E-state index contributed by atoms with van der Waals surface area (Å²) in [4.78, 5) is 1.39. The van der Waals surface area contributed by atoms with Gasteiger partial charge in [-0.25, -0.2) is 0 Å². The van der Waals surface area contributed by atoms with Gasteiger partial charge < -0.3 is 4.74 Å². The molecule has 0 bridgehead atoms. The van der Waals surface area contributed by atoms with Crippen LogP contribution in [-0.4, -0.2) is 18.5 Å². The second-order valence-electron chi connectivity index (χ2n) is 3.71. The average Bonchev–Trinajstić information content (AvgIpc) is 2.69. The van der Waals surface area contributed by atoms with E-state index in [1.165, 1.54) is 23.3 Å². The van der Waals surface area contributed by atoms with Crippen LogP contribution in [0.2, 0.25) is 0 Å². The molecule has 1 unspecified atom stereocenters. The number of rotatable bonds is 3. The van der Waals surface area contributed by atoms with E-state index in [4.69, 9.17) is 4.74 Å². The van der Waals surface area contributed by atoms with Gasteiger partial charge in [-0.3, -0.25) is 0 Å². The fourth-order valence-electron chi connectivity index (χ4n) is 1.68. The third kappa shape index (κ3) is 2.52. The van der Waals surface area contributed by atoms with Crippen LogP contribution in [0.3, 0.4) is 0 Å². The highest BCUT2D eigenvalue weighted by Gasteiger charge is 2.15. The van der Waals surface area contributed by atoms with Crippen molar-refractivity contribution >= 4 is 11.8 Å². The molecule has 1 aromatic rings. The molecule has 0 N–H and O–H groups in total. The summed E-state index contributed by atoms with van der Waals surface area (Å²) in [5, 5.41) is 0. The molecule has 1 aliphatic heterocycles. The Bertz CT molecular complexity index is 292. The summed E-state index contributed by atoms with van der Waals surface area (Å²) in [5.74, 6) is 1.10. The SMILES string of the molecule is Cc1ccccc1SCC1CCCO1. The summed E-state index contributed by atoms with van der Waals surface area (Å²) in [6.07, 6.45) is 2.96. The van der Waals surface area contributed by atoms with Gasteiger partial charge in [-0.1, -0.05) is 18.2 Å². The predicted octanol–water partition coefficient (Wildman–Crippen LogP) is 3.27. The first-order valence-electron chi connectivity index (χ1n) is 5.16. The number of hydrogen-bond donors (Lipinski definition) is 0. The lowest BCUT2D eigenvalue weighted by molar-refractivity contribution is 0.129. The van der Waals surface area contributed by atoms with Crippen molar-refractivity contribution in [2.24, 2.45) is 0 Å². The quantitative estimate of drug-likeness (QED) is 0.705. The van der Waals surface area contributed by atoms with Crippen molar-refractivity contribution in [1.29, 1.82) is 0 Å². The van der Waals surface area contributed by atoms with Crippen molar-refractivity contribution in [2.45, 2.75) is 30.8 Å². The van der Waals surface area contributed by atoms with Gasteiger partial charge in [0.1, 0.15) is 0 Å². The van der Waals surface area contributed by atoms with E-state index in [0.717, 1.165) is 12.4 Å². The Morgan fingerprint density at radius 1 is 1.43 bits per heavy atom. The summed E-state index contributed by atoms with van der Waals surface area (Å²) >= 11 is 1.92. The lowest BCUT2D eigenvalue weighted by Gasteiger charge is -2.09. The van der Waals surface area contributed by atoms with E-state index in [9.17, 15) is 0 Å². The lowest BCUT2D eigenvalue weighted by Crippen LogP contribution is -2.07. The van der Waals surface area contributed by atoms with E-state index in [0.29, 0.717) is 6.10 Å². The Labute approximate surface area is 89.9 Å². The molecule has 0 spiro atoms. The Balaban J connectivity index is 1.88. The first kappa shape index (κ1) is 10.1. The van der Waals surface area contributed by atoms with Gasteiger partial charge in [0.25, 0.3) is 0 Å². The van der Waals surface area contributed by atoms with Gasteiger partial charge in [0.05, 0.1) is 6.10 Å². The predicted molar refractivity (Wildman–Crippen MR) is 60.9 cm³/mol. The highest BCUT2D eigenvalue weighted by molar-refractivity contribution is 7.99. The Morgan fingerprint density at radius 3 is 3.00 bits per heavy atom. The van der Waals surface area contributed by atoms with Crippen LogP contribution in [0.15, 0.2) is 29.2 Å². The number of benzene rings is 1. The van der Waals surface area contributed by atoms with E-state index in [1.54, 1.807) is 0 Å². The van der Waals surface area contributed by atoms with Crippen molar-refractivity contribution in [3.05, 3.63) is 29.8 Å². The molecule has 76 valence electrons. The zero-order chi connectivity index (χ0) is 9.80. The molecule has 1 saturated heterocycles. The minimum Gasteiger partial charge on any atom is -0.377 e. The third-order valence-electron chi connectivity index (χ3n) is 2.54. The van der Waals surface area contributed by atoms with E-state index in [1.807, 2.05) is 11.8 Å². The smallest absolute Gasteiger partial charge is 0.0669 e. The Kier molecular flexibility index (Phi) is 3.49. The summed E-state index contributed by atoms with van der Waals surface area (Å²) in [6, 6.07) is 8.54. The number of aryl methyl sites for hydroxylation is 1. The van der Waals surface area contributed by atoms with E-state index in [2.05, 4.69) is 31.2 Å². The average molecular weight is 208 g/mol. The molecular formula is C12H16OS. The van der Waals surface area contributed by atoms with Crippen LogP contribution in [0.25, 0.3) is 0 Å². The fourth-order valence-corrected chi connectivity index (χ4v) is 2.78. The summed E-state index contributed by atoms with van der Waals surface area (Å²) in [5.41, 5.74) is 1.37. The van der Waals surface area contributed by atoms with Crippen LogP contribution >= 0.6 is 11.8 Å². The highest BCUT2D eigenvalue weighted by Crippen LogP contribution is 2.25. The highest BCUT2D eigenvalue weighted by atomic mass is 32.2. The van der Waals surface area contributed by atoms with Crippen molar-refractivity contribution in [1.82, 2.24) is 0 Å². The van der Waals surface area contributed by atoms with Gasteiger partial charge in [-0.05, 0) is 31.4 Å². The molecule has 14 heavy (non-hydrogen) atoms. The first-order valence-corrected chi connectivity index (χ1v) is 6.15. The molecule has 0 radical (unpaired) electrons. The number of hydrogen-bond acceptors (Lipinski definition) is 2. The van der Waals surface area contributed by atoms with Crippen LogP contribution in [0, 0.1) is 6.92 Å². The van der Waals surface area contributed by atoms with Gasteiger partial charge in [0.2, 0.25) is 0 Å². The topological polar surface area (TPSA) is 9.23 Å². The molecule has 2 heteroatoms. The zero-order valence-electron chi connectivity index (χ0n) is 8.53. The second kappa shape index (κ2) is 4.85. The standard InChI is InChI=1S/C12H16OS/c1-10-5-2-3-7-12(10)14-9-11-6-4-8-13-11/h2-3,5,7,11H,4,6,8-9H2,1H3. The molecule has 1 aliphatic rings. The van der Waals surface area contributed by atoms with Crippen molar-refractivity contribution < 1.29 is 4.74 Å². The monoisotopic (exact) mass is 208 g/mol. The fraction of sp³-hybridized carbons (Fsp3) is 0.500. The van der Waals surface area contributed by atoms with Crippen LogP contribution in [0.4, 0.5) is 0 Å². The minimum atomic E-state index is 0.486. The van der Waals surface area contributed by atoms with Crippen molar-refractivity contribution in [2.75, 3.05) is 12.4 Å². The first-order chi connectivity index (χ1) is 6.86. The number of thioether (sulfide) groups is 1. The molecule has 0 aliphatic carbocycles. The summed E-state index contributed by atoms with van der Waals surface area (Å²) in [6.45, 7) is 3.12. The molecule has 1 fully saturated rings. The normalized spacial score (nSPS) is 21.4. The Morgan fingerprint density at radius 2 is 2.29 bits per heavy atom. The Hall–Kier alpha value is -0.470. The molecule has 2 rings (SSSR count). The molecule has 1 nitrogen and oxygen atoms in total. The van der Waals surface area contributed by atoms with Crippen LogP contribution in [-0.2, 0) is 4.74 Å². The van der Waals surface area contributed by atoms with Crippen molar-refractivity contribution in [3.8, 4) is 0 Å². The van der Waals surface area contributed by atoms with E-state index in [-0.39, 0.29) is 0 Å². The maximum atomic E-state index is 5.59. The van der Waals surface area contributed by atoms with Crippen molar-refractivity contribution in [3.63, 3.8) is 0 Å². The molecule has 1 heterocycles. The van der Waals surface area contributed by atoms with Crippen LogP contribution in [0.5, 0.6) is 0 Å². The molecule has 1 aromatic carbocycles. The van der Waals surface area contributed by atoms with Gasteiger partial charge in [-0.2, -0.15) is 0 Å². The second-order valence-corrected chi connectivity index (χ2v) is 4.77. The van der Waals surface area contributed by atoms with Crippen LogP contribution in [0.1, 0.15) is 18.4 Å². The maximum Gasteiger partial charge on any atom is 0.0669 e. The van der Waals surface area contributed by atoms with Gasteiger partial charge >= 0.3 is 0 Å². The van der Waals surface area contributed by atoms with Gasteiger partial charge in [0, 0.05) is 17.3 Å². The van der Waals surface area contributed by atoms with E-state index < -0.39 is 0 Å². The van der Waals surface area contributed by atoms with Crippen LogP contribution < -0.4 is 0 Å². The summed E-state index contributed by atoms with van der Waals surface area (Å²) < 4.78 is 5.59. The van der Waals surface area contributed by atoms with Gasteiger partial charge in [-0.15, -0.1) is 11.8 Å². The molecular weight excluding hydrogens is 192 g/mol. The maximum absolute atomic E-state index is 5.59. The zero-order valence-corrected chi connectivity index (χ0v) is 9.35. The molecule has 0 saturated carbocycles. The number of ether oxygens (including phenoxy) is 1. The third-order valence-corrected chi connectivity index (χ3v) is 3.85. The minimum absolute atomic E-state index is 0.486. The lowest BCUT2D eigenvalue weighted by atomic mass is 10.2.